The van der Waals surface area contributed by atoms with Gasteiger partial charge in [-0.1, -0.05) is 0 Å². The molecule has 5 heteroatoms. The minimum atomic E-state index is -0.266. The number of nitrogens with zero attached hydrogens (tertiary/aromatic N) is 1. The number of amides is 2. The van der Waals surface area contributed by atoms with Crippen LogP contribution in [0.4, 0.5) is 0 Å². The molecule has 0 aromatic rings. The van der Waals surface area contributed by atoms with E-state index in [1.807, 2.05) is 0 Å². The zero-order chi connectivity index (χ0) is 11.8. The molecule has 0 radical (unpaired) electrons. The average molecular weight is 238 g/mol. The summed E-state index contributed by atoms with van der Waals surface area (Å²) in [6.07, 6.45) is 4.31. The molecule has 0 aromatic carbocycles. The van der Waals surface area contributed by atoms with Gasteiger partial charge in [-0.15, -0.1) is 0 Å². The van der Waals surface area contributed by atoms with Gasteiger partial charge in [0, 0.05) is 13.2 Å². The highest BCUT2D eigenvalue weighted by Gasteiger charge is 2.43. The standard InChI is InChI=1S/C12H18N2O3/c15-10-7-14(6-9-2-1-5-17-9)12(16)11(13-10)8-3-4-8/h8-9,11H,1-7H2,(H,13,15). The van der Waals surface area contributed by atoms with Gasteiger partial charge in [-0.05, 0) is 31.6 Å². The zero-order valence-corrected chi connectivity index (χ0v) is 9.85. The lowest BCUT2D eigenvalue weighted by Gasteiger charge is -2.33. The summed E-state index contributed by atoms with van der Waals surface area (Å²) in [5, 5.41) is 2.81. The third kappa shape index (κ3) is 2.29. The SMILES string of the molecule is O=C1CN(CC2CCCO2)C(=O)C(C2CC2)N1. The van der Waals surface area contributed by atoms with Crippen LogP contribution >= 0.6 is 0 Å². The predicted molar refractivity (Wildman–Crippen MR) is 60.2 cm³/mol. The third-order valence-corrected chi connectivity index (χ3v) is 3.77. The highest BCUT2D eigenvalue weighted by Crippen LogP contribution is 2.34. The quantitative estimate of drug-likeness (QED) is 0.747. The van der Waals surface area contributed by atoms with E-state index in [4.69, 9.17) is 4.74 Å². The van der Waals surface area contributed by atoms with E-state index in [2.05, 4.69) is 5.32 Å². The Bertz CT molecular complexity index is 335. The lowest BCUT2D eigenvalue weighted by Crippen LogP contribution is -2.60. The topological polar surface area (TPSA) is 58.6 Å². The van der Waals surface area contributed by atoms with Crippen LogP contribution in [0.2, 0.25) is 0 Å². The molecular weight excluding hydrogens is 220 g/mol. The van der Waals surface area contributed by atoms with Crippen molar-refractivity contribution in [3.8, 4) is 0 Å². The first kappa shape index (κ1) is 11.0. The number of piperazine rings is 1. The second kappa shape index (κ2) is 4.29. The molecule has 3 aliphatic rings. The average Bonchev–Trinajstić information content (AvgIpc) is 3.02. The second-order valence-electron chi connectivity index (χ2n) is 5.24. The van der Waals surface area contributed by atoms with Gasteiger partial charge < -0.3 is 15.0 Å². The summed E-state index contributed by atoms with van der Waals surface area (Å²) in [6, 6.07) is -0.266. The Balaban J connectivity index is 1.64. The Morgan fingerprint density at radius 1 is 1.29 bits per heavy atom. The lowest BCUT2D eigenvalue weighted by molar-refractivity contribution is -0.146. The van der Waals surface area contributed by atoms with E-state index in [1.165, 1.54) is 0 Å². The van der Waals surface area contributed by atoms with Gasteiger partial charge in [0.1, 0.15) is 6.04 Å². The fourth-order valence-electron chi connectivity index (χ4n) is 2.67. The van der Waals surface area contributed by atoms with Gasteiger partial charge in [0.05, 0.1) is 12.6 Å². The van der Waals surface area contributed by atoms with Gasteiger partial charge in [-0.2, -0.15) is 0 Å². The molecule has 2 aliphatic heterocycles. The number of nitrogens with one attached hydrogen (secondary N) is 1. The number of ether oxygens (including phenoxy) is 1. The smallest absolute Gasteiger partial charge is 0.245 e. The van der Waals surface area contributed by atoms with Crippen LogP contribution in [0.1, 0.15) is 25.7 Å². The molecule has 1 saturated carbocycles. The largest absolute Gasteiger partial charge is 0.376 e. The number of hydrogen-bond acceptors (Lipinski definition) is 3. The highest BCUT2D eigenvalue weighted by atomic mass is 16.5. The maximum absolute atomic E-state index is 12.2. The van der Waals surface area contributed by atoms with Crippen molar-refractivity contribution in [1.82, 2.24) is 10.2 Å². The van der Waals surface area contributed by atoms with Crippen molar-refractivity contribution >= 4 is 11.8 Å². The van der Waals surface area contributed by atoms with E-state index >= 15 is 0 Å². The minimum absolute atomic E-state index is 0.0282. The van der Waals surface area contributed by atoms with Crippen LogP contribution < -0.4 is 5.32 Å². The monoisotopic (exact) mass is 238 g/mol. The molecule has 17 heavy (non-hydrogen) atoms. The highest BCUT2D eigenvalue weighted by molar-refractivity contribution is 5.95. The van der Waals surface area contributed by atoms with Gasteiger partial charge in [-0.3, -0.25) is 9.59 Å². The van der Waals surface area contributed by atoms with Crippen LogP contribution in [0.25, 0.3) is 0 Å². The summed E-state index contributed by atoms with van der Waals surface area (Å²) in [5.41, 5.74) is 0. The summed E-state index contributed by atoms with van der Waals surface area (Å²) >= 11 is 0. The van der Waals surface area contributed by atoms with E-state index in [1.54, 1.807) is 4.90 Å². The van der Waals surface area contributed by atoms with E-state index in [-0.39, 0.29) is 30.5 Å². The van der Waals surface area contributed by atoms with Gasteiger partial charge in [0.25, 0.3) is 0 Å². The van der Waals surface area contributed by atoms with Crippen molar-refractivity contribution in [1.29, 1.82) is 0 Å². The Morgan fingerprint density at radius 3 is 2.76 bits per heavy atom. The zero-order valence-electron chi connectivity index (χ0n) is 9.85. The first-order valence-corrected chi connectivity index (χ1v) is 6.44. The van der Waals surface area contributed by atoms with E-state index in [0.29, 0.717) is 12.5 Å². The molecule has 3 rings (SSSR count). The second-order valence-corrected chi connectivity index (χ2v) is 5.24. The molecule has 3 fully saturated rings. The summed E-state index contributed by atoms with van der Waals surface area (Å²) in [4.78, 5) is 25.5. The molecule has 1 aliphatic carbocycles. The molecule has 94 valence electrons. The third-order valence-electron chi connectivity index (χ3n) is 3.77. The van der Waals surface area contributed by atoms with Crippen LogP contribution in [0.15, 0.2) is 0 Å². The summed E-state index contributed by atoms with van der Waals surface area (Å²) < 4.78 is 5.53. The van der Waals surface area contributed by atoms with Crippen LogP contribution in [0.3, 0.4) is 0 Å². The van der Waals surface area contributed by atoms with Gasteiger partial charge in [0.15, 0.2) is 0 Å². The maximum atomic E-state index is 12.2. The van der Waals surface area contributed by atoms with Crippen molar-refractivity contribution in [2.75, 3.05) is 19.7 Å². The molecule has 2 saturated heterocycles. The van der Waals surface area contributed by atoms with Gasteiger partial charge in [0.2, 0.25) is 11.8 Å². The van der Waals surface area contributed by atoms with Crippen molar-refractivity contribution in [3.05, 3.63) is 0 Å². The molecule has 0 spiro atoms. The molecule has 0 aromatic heterocycles. The van der Waals surface area contributed by atoms with Gasteiger partial charge in [-0.25, -0.2) is 0 Å². The molecule has 2 unspecified atom stereocenters. The van der Waals surface area contributed by atoms with Crippen molar-refractivity contribution in [3.63, 3.8) is 0 Å². The first-order chi connectivity index (χ1) is 8.24. The molecule has 2 amide bonds. The Morgan fingerprint density at radius 2 is 2.12 bits per heavy atom. The minimum Gasteiger partial charge on any atom is -0.376 e. The lowest BCUT2D eigenvalue weighted by atomic mass is 10.1. The molecule has 1 N–H and O–H groups in total. The summed E-state index contributed by atoms with van der Waals surface area (Å²) in [6.45, 7) is 1.56. The van der Waals surface area contributed by atoms with Gasteiger partial charge >= 0.3 is 0 Å². The van der Waals surface area contributed by atoms with Crippen molar-refractivity contribution in [2.45, 2.75) is 37.8 Å². The summed E-state index contributed by atoms with van der Waals surface area (Å²) in [7, 11) is 0. The van der Waals surface area contributed by atoms with Crippen molar-refractivity contribution in [2.24, 2.45) is 5.92 Å². The number of rotatable bonds is 3. The number of carbonyl (C=O) groups is 2. The maximum Gasteiger partial charge on any atom is 0.245 e. The number of carbonyl (C=O) groups excluding carboxylic acids is 2. The fourth-order valence-corrected chi connectivity index (χ4v) is 2.67. The van der Waals surface area contributed by atoms with Crippen LogP contribution in [-0.4, -0.2) is 48.6 Å². The molecule has 2 heterocycles. The van der Waals surface area contributed by atoms with E-state index in [0.717, 1.165) is 32.3 Å². The van der Waals surface area contributed by atoms with Crippen LogP contribution in [0, 0.1) is 5.92 Å². The van der Waals surface area contributed by atoms with Crippen LogP contribution in [-0.2, 0) is 14.3 Å². The van der Waals surface area contributed by atoms with Crippen LogP contribution in [0.5, 0.6) is 0 Å². The molecule has 5 nitrogen and oxygen atoms in total. The van der Waals surface area contributed by atoms with E-state index < -0.39 is 0 Å². The molecule has 2 atom stereocenters. The van der Waals surface area contributed by atoms with E-state index in [9.17, 15) is 9.59 Å². The Hall–Kier alpha value is -1.10. The predicted octanol–water partition coefficient (Wildman–Crippen LogP) is -0.0976. The summed E-state index contributed by atoms with van der Waals surface area (Å²) in [5.74, 6) is 0.431. The number of hydrogen-bond donors (Lipinski definition) is 1. The molecular formula is C12H18N2O3. The fraction of sp³-hybridized carbons (Fsp3) is 0.833. The van der Waals surface area contributed by atoms with Crippen molar-refractivity contribution < 1.29 is 14.3 Å². The normalized spacial score (nSPS) is 34.0. The molecule has 0 bridgehead atoms. The first-order valence-electron chi connectivity index (χ1n) is 6.44. The Kier molecular flexibility index (Phi) is 2.78. The Labute approximate surface area is 100 Å².